The van der Waals surface area contributed by atoms with Crippen LogP contribution in [0.4, 0.5) is 10.8 Å². The molecule has 0 fully saturated rings. The van der Waals surface area contributed by atoms with E-state index in [0.717, 1.165) is 23.5 Å². The topological polar surface area (TPSA) is 98.0 Å². The molecule has 108 valence electrons. The Hall–Kier alpha value is -1.67. The Balaban J connectivity index is 2.08. The van der Waals surface area contributed by atoms with Gasteiger partial charge in [-0.15, -0.1) is 0 Å². The Bertz CT molecular complexity index is 668. The highest BCUT2D eigenvalue weighted by molar-refractivity contribution is 7.91. The summed E-state index contributed by atoms with van der Waals surface area (Å²) in [6.07, 6.45) is 4.25. The first-order chi connectivity index (χ1) is 9.54. The van der Waals surface area contributed by atoms with Crippen molar-refractivity contribution in [1.29, 1.82) is 0 Å². The second-order valence-electron chi connectivity index (χ2n) is 4.17. The van der Waals surface area contributed by atoms with Crippen molar-refractivity contribution in [3.8, 4) is 0 Å². The third kappa shape index (κ3) is 3.26. The summed E-state index contributed by atoms with van der Waals surface area (Å²) in [6.45, 7) is 2.19. The first-order valence-electron chi connectivity index (χ1n) is 6.15. The minimum atomic E-state index is -3.36. The second-order valence-corrected chi connectivity index (χ2v) is 7.16. The van der Waals surface area contributed by atoms with Crippen molar-refractivity contribution < 1.29 is 8.42 Å². The van der Waals surface area contributed by atoms with Crippen LogP contribution in [-0.4, -0.2) is 30.1 Å². The lowest BCUT2D eigenvalue weighted by atomic mass is 10.2. The summed E-state index contributed by atoms with van der Waals surface area (Å²) in [7, 11) is -3.36. The summed E-state index contributed by atoms with van der Waals surface area (Å²) in [6, 6.07) is 3.84. The molecule has 6 nitrogen and oxygen atoms in total. The average Bonchev–Trinajstić information content (AvgIpc) is 2.82. The molecule has 0 spiro atoms. The van der Waals surface area contributed by atoms with Crippen LogP contribution in [-0.2, 0) is 16.3 Å². The van der Waals surface area contributed by atoms with E-state index in [1.165, 1.54) is 0 Å². The van der Waals surface area contributed by atoms with E-state index < -0.39 is 9.84 Å². The lowest BCUT2D eigenvalue weighted by Gasteiger charge is -2.07. The van der Waals surface area contributed by atoms with Crippen molar-refractivity contribution in [2.24, 2.45) is 0 Å². The van der Waals surface area contributed by atoms with Crippen LogP contribution in [0.2, 0.25) is 0 Å². The van der Waals surface area contributed by atoms with Crippen LogP contribution >= 0.6 is 11.5 Å². The van der Waals surface area contributed by atoms with Crippen molar-refractivity contribution in [2.75, 3.05) is 23.3 Å². The Morgan fingerprint density at radius 2 is 2.25 bits per heavy atom. The molecule has 3 N–H and O–H groups in total. The first kappa shape index (κ1) is 14.7. The minimum absolute atomic E-state index is 0.00684. The zero-order chi connectivity index (χ0) is 14.6. The highest BCUT2D eigenvalue weighted by Gasteiger charge is 2.23. The molecule has 20 heavy (non-hydrogen) atoms. The van der Waals surface area contributed by atoms with E-state index in [1.54, 1.807) is 19.3 Å². The van der Waals surface area contributed by atoms with Crippen molar-refractivity contribution >= 4 is 32.2 Å². The van der Waals surface area contributed by atoms with Crippen LogP contribution in [0.15, 0.2) is 29.4 Å². The third-order valence-electron chi connectivity index (χ3n) is 2.79. The molecule has 0 bridgehead atoms. The smallest absolute Gasteiger partial charge is 0.184 e. The van der Waals surface area contributed by atoms with Gasteiger partial charge in [0.1, 0.15) is 9.90 Å². The average molecular weight is 312 g/mol. The van der Waals surface area contributed by atoms with Crippen LogP contribution in [0.1, 0.15) is 12.5 Å². The largest absolute Gasteiger partial charge is 0.382 e. The summed E-state index contributed by atoms with van der Waals surface area (Å²) in [5.74, 6) is 0.0770. The van der Waals surface area contributed by atoms with Gasteiger partial charge in [0.25, 0.3) is 0 Å². The summed E-state index contributed by atoms with van der Waals surface area (Å²) >= 11 is 1.07. The molecular weight excluding hydrogens is 296 g/mol. The minimum Gasteiger partial charge on any atom is -0.382 e. The number of hydrogen-bond donors (Lipinski definition) is 2. The van der Waals surface area contributed by atoms with Crippen LogP contribution in [0.3, 0.4) is 0 Å². The summed E-state index contributed by atoms with van der Waals surface area (Å²) in [4.78, 5) is 4.15. The van der Waals surface area contributed by atoms with Gasteiger partial charge in [-0.3, -0.25) is 4.98 Å². The predicted octanol–water partition coefficient (Wildman–Crippen LogP) is 1.57. The normalized spacial score (nSPS) is 11.4. The molecular formula is C12H16N4O2S2. The van der Waals surface area contributed by atoms with Crippen LogP contribution < -0.4 is 11.1 Å². The van der Waals surface area contributed by atoms with E-state index in [0.29, 0.717) is 11.5 Å². The standard InChI is InChI=1S/C12H16N4O2S2/c1-2-20(17,18)10-11(13)16-19-12(10)15-7-5-9-4-3-6-14-8-9/h3-4,6,8,15H,2,5,7H2,1H3,(H2,13,16). The SMILES string of the molecule is CCS(=O)(=O)c1c(N)nsc1NCCc1cccnc1. The lowest BCUT2D eigenvalue weighted by molar-refractivity contribution is 0.598. The van der Waals surface area contributed by atoms with Crippen molar-refractivity contribution in [1.82, 2.24) is 9.36 Å². The summed E-state index contributed by atoms with van der Waals surface area (Å²) in [5.41, 5.74) is 6.74. The van der Waals surface area contributed by atoms with Crippen LogP contribution in [0, 0.1) is 0 Å². The molecule has 0 aliphatic carbocycles. The van der Waals surface area contributed by atoms with Gasteiger partial charge < -0.3 is 11.1 Å². The van der Waals surface area contributed by atoms with Gasteiger partial charge in [0.15, 0.2) is 15.7 Å². The molecule has 0 unspecified atom stereocenters. The van der Waals surface area contributed by atoms with Gasteiger partial charge in [-0.2, -0.15) is 4.37 Å². The van der Waals surface area contributed by atoms with Gasteiger partial charge in [-0.1, -0.05) is 13.0 Å². The molecule has 0 atom stereocenters. The van der Waals surface area contributed by atoms with Crippen molar-refractivity contribution in [3.05, 3.63) is 30.1 Å². The number of aromatic nitrogens is 2. The molecule has 2 aromatic rings. The van der Waals surface area contributed by atoms with Gasteiger partial charge in [-0.25, -0.2) is 8.42 Å². The maximum Gasteiger partial charge on any atom is 0.184 e. The number of sulfone groups is 1. The Kier molecular flexibility index (Phi) is 4.56. The molecule has 2 rings (SSSR count). The molecule has 0 saturated carbocycles. The molecule has 2 aromatic heterocycles. The zero-order valence-electron chi connectivity index (χ0n) is 11.0. The monoisotopic (exact) mass is 312 g/mol. The number of hydrogen-bond acceptors (Lipinski definition) is 7. The summed E-state index contributed by atoms with van der Waals surface area (Å²) in [5, 5.41) is 3.60. The van der Waals surface area contributed by atoms with Crippen LogP contribution in [0.5, 0.6) is 0 Å². The number of rotatable bonds is 6. The van der Waals surface area contributed by atoms with Gasteiger partial charge in [-0.05, 0) is 29.6 Å². The maximum atomic E-state index is 12.0. The number of nitrogens with one attached hydrogen (secondary N) is 1. The fourth-order valence-corrected chi connectivity index (χ4v) is 3.91. The number of pyridine rings is 1. The highest BCUT2D eigenvalue weighted by Crippen LogP contribution is 2.32. The van der Waals surface area contributed by atoms with Crippen molar-refractivity contribution in [3.63, 3.8) is 0 Å². The fourth-order valence-electron chi connectivity index (χ4n) is 1.72. The number of nitrogens with zero attached hydrogens (tertiary/aromatic N) is 2. The van der Waals surface area contributed by atoms with E-state index in [4.69, 9.17) is 5.73 Å². The van der Waals surface area contributed by atoms with E-state index in [1.807, 2.05) is 12.1 Å². The maximum absolute atomic E-state index is 12.0. The number of nitrogen functional groups attached to an aromatic ring is 1. The van der Waals surface area contributed by atoms with Gasteiger partial charge >= 0.3 is 0 Å². The molecule has 0 aliphatic heterocycles. The molecule has 2 heterocycles. The van der Waals surface area contributed by atoms with Gasteiger partial charge in [0, 0.05) is 18.9 Å². The van der Waals surface area contributed by atoms with Crippen molar-refractivity contribution in [2.45, 2.75) is 18.2 Å². The molecule has 0 aromatic carbocycles. The zero-order valence-corrected chi connectivity index (χ0v) is 12.7. The molecule has 0 saturated heterocycles. The number of anilines is 2. The molecule has 0 radical (unpaired) electrons. The lowest BCUT2D eigenvalue weighted by Crippen LogP contribution is -2.11. The predicted molar refractivity (Wildman–Crippen MR) is 80.7 cm³/mol. The Morgan fingerprint density at radius 1 is 1.45 bits per heavy atom. The molecule has 0 aliphatic rings. The number of nitrogens with two attached hydrogens (primary N) is 1. The van der Waals surface area contributed by atoms with E-state index in [9.17, 15) is 8.42 Å². The highest BCUT2D eigenvalue weighted by atomic mass is 32.2. The van der Waals surface area contributed by atoms with E-state index >= 15 is 0 Å². The Labute approximate surface area is 122 Å². The Morgan fingerprint density at radius 3 is 2.90 bits per heavy atom. The first-order valence-corrected chi connectivity index (χ1v) is 8.58. The molecule has 8 heteroatoms. The van der Waals surface area contributed by atoms with Gasteiger partial charge in [0.05, 0.1) is 5.75 Å². The van der Waals surface area contributed by atoms with Gasteiger partial charge in [0.2, 0.25) is 0 Å². The summed E-state index contributed by atoms with van der Waals surface area (Å²) < 4.78 is 27.9. The fraction of sp³-hybridized carbons (Fsp3) is 0.333. The van der Waals surface area contributed by atoms with E-state index in [-0.39, 0.29) is 16.5 Å². The quantitative estimate of drug-likeness (QED) is 0.840. The third-order valence-corrected chi connectivity index (χ3v) is 5.53. The van der Waals surface area contributed by atoms with Crippen LogP contribution in [0.25, 0.3) is 0 Å². The van der Waals surface area contributed by atoms with E-state index in [2.05, 4.69) is 14.7 Å². The second kappa shape index (κ2) is 6.19. The molecule has 0 amide bonds.